The molecule has 1 unspecified atom stereocenters. The van der Waals surface area contributed by atoms with Crippen molar-refractivity contribution in [2.24, 2.45) is 0 Å². The molecular formula is C13H14N4O2. The van der Waals surface area contributed by atoms with E-state index < -0.39 is 0 Å². The number of hydrogen-bond acceptors (Lipinski definition) is 4. The zero-order valence-electron chi connectivity index (χ0n) is 10.3. The third kappa shape index (κ3) is 2.48. The van der Waals surface area contributed by atoms with Crippen molar-refractivity contribution in [2.45, 2.75) is 18.9 Å². The van der Waals surface area contributed by atoms with Gasteiger partial charge in [-0.3, -0.25) is 4.79 Å². The molecule has 0 radical (unpaired) electrons. The lowest BCUT2D eigenvalue weighted by Gasteiger charge is -2.12. The Bertz CT molecular complexity index is 562. The predicted molar refractivity (Wildman–Crippen MR) is 69.0 cm³/mol. The van der Waals surface area contributed by atoms with Crippen LogP contribution in [0.25, 0.3) is 5.82 Å². The van der Waals surface area contributed by atoms with Gasteiger partial charge < -0.3 is 10.1 Å². The van der Waals surface area contributed by atoms with Crippen molar-refractivity contribution in [3.05, 3.63) is 36.8 Å². The Morgan fingerprint density at radius 1 is 1.42 bits per heavy atom. The first-order valence-electron chi connectivity index (χ1n) is 6.22. The van der Waals surface area contributed by atoms with E-state index in [1.54, 1.807) is 41.5 Å². The molecule has 0 aliphatic carbocycles. The first-order valence-corrected chi connectivity index (χ1v) is 6.22. The number of carbonyl (C=O) groups is 1. The second-order valence-corrected chi connectivity index (χ2v) is 4.32. The average molecular weight is 258 g/mol. The number of carbonyl (C=O) groups excluding carboxylic acids is 1. The molecule has 2 aromatic rings. The number of aromatic nitrogens is 3. The van der Waals surface area contributed by atoms with E-state index >= 15 is 0 Å². The van der Waals surface area contributed by atoms with Crippen LogP contribution in [0.1, 0.15) is 12.8 Å². The van der Waals surface area contributed by atoms with Crippen LogP contribution in [0, 0.1) is 0 Å². The monoisotopic (exact) mass is 258 g/mol. The number of ether oxygens (including phenoxy) is 1. The van der Waals surface area contributed by atoms with Gasteiger partial charge >= 0.3 is 0 Å². The molecule has 1 amide bonds. The lowest BCUT2D eigenvalue weighted by atomic mass is 10.2. The third-order valence-electron chi connectivity index (χ3n) is 2.99. The van der Waals surface area contributed by atoms with Crippen LogP contribution in [0.15, 0.2) is 36.8 Å². The topological polar surface area (TPSA) is 69.0 Å². The molecule has 98 valence electrons. The maximum Gasteiger partial charge on any atom is 0.253 e. The van der Waals surface area contributed by atoms with Gasteiger partial charge in [-0.05, 0) is 31.0 Å². The average Bonchev–Trinajstić information content (AvgIpc) is 3.13. The summed E-state index contributed by atoms with van der Waals surface area (Å²) in [7, 11) is 0. The van der Waals surface area contributed by atoms with Crippen LogP contribution in [-0.2, 0) is 9.53 Å². The van der Waals surface area contributed by atoms with E-state index in [0.29, 0.717) is 18.1 Å². The largest absolute Gasteiger partial charge is 0.368 e. The maximum atomic E-state index is 12.0. The summed E-state index contributed by atoms with van der Waals surface area (Å²) in [5, 5.41) is 6.98. The molecule has 0 bridgehead atoms. The summed E-state index contributed by atoms with van der Waals surface area (Å²) in [6, 6.07) is 5.38. The van der Waals surface area contributed by atoms with E-state index in [1.807, 2.05) is 0 Å². The van der Waals surface area contributed by atoms with Gasteiger partial charge in [-0.1, -0.05) is 0 Å². The standard InChI is InChI=1S/C13H14N4O2/c18-13(11-5-2-9-19-11)16-10-4-1-6-14-12(10)17-8-3-7-15-17/h1,3-4,6-8,11H,2,5,9H2,(H,16,18). The van der Waals surface area contributed by atoms with Crippen LogP contribution < -0.4 is 5.32 Å². The van der Waals surface area contributed by atoms with Crippen LogP contribution in [-0.4, -0.2) is 33.4 Å². The zero-order chi connectivity index (χ0) is 13.1. The lowest BCUT2D eigenvalue weighted by Crippen LogP contribution is -2.27. The van der Waals surface area contributed by atoms with Crippen molar-refractivity contribution >= 4 is 11.6 Å². The number of anilines is 1. The van der Waals surface area contributed by atoms with E-state index in [0.717, 1.165) is 12.8 Å². The van der Waals surface area contributed by atoms with Crippen LogP contribution >= 0.6 is 0 Å². The van der Waals surface area contributed by atoms with Gasteiger partial charge in [0.2, 0.25) is 0 Å². The maximum absolute atomic E-state index is 12.0. The number of nitrogens with zero attached hydrogens (tertiary/aromatic N) is 3. The van der Waals surface area contributed by atoms with Crippen LogP contribution in [0.5, 0.6) is 0 Å². The van der Waals surface area contributed by atoms with Crippen LogP contribution in [0.2, 0.25) is 0 Å². The van der Waals surface area contributed by atoms with E-state index in [4.69, 9.17) is 4.74 Å². The number of rotatable bonds is 3. The van der Waals surface area contributed by atoms with Crippen LogP contribution in [0.4, 0.5) is 5.69 Å². The predicted octanol–water partition coefficient (Wildman–Crippen LogP) is 1.38. The molecule has 0 saturated carbocycles. The molecule has 1 aliphatic rings. The summed E-state index contributed by atoms with van der Waals surface area (Å²) in [6.45, 7) is 0.650. The Hall–Kier alpha value is -2.21. The molecule has 1 fully saturated rings. The van der Waals surface area contributed by atoms with E-state index in [9.17, 15) is 4.79 Å². The fourth-order valence-corrected chi connectivity index (χ4v) is 2.07. The Kier molecular flexibility index (Phi) is 3.24. The van der Waals surface area contributed by atoms with Gasteiger partial charge in [0.25, 0.3) is 5.91 Å². The number of amides is 1. The molecule has 1 saturated heterocycles. The molecule has 3 heterocycles. The molecular weight excluding hydrogens is 244 g/mol. The lowest BCUT2D eigenvalue weighted by molar-refractivity contribution is -0.124. The number of hydrogen-bond donors (Lipinski definition) is 1. The SMILES string of the molecule is O=C(Nc1cccnc1-n1cccn1)C1CCCO1. The number of nitrogens with one attached hydrogen (secondary N) is 1. The van der Waals surface area contributed by atoms with Crippen molar-refractivity contribution in [3.63, 3.8) is 0 Å². The molecule has 1 N–H and O–H groups in total. The molecule has 1 atom stereocenters. The van der Waals surface area contributed by atoms with Crippen molar-refractivity contribution < 1.29 is 9.53 Å². The molecule has 6 heteroatoms. The molecule has 0 spiro atoms. The minimum atomic E-state index is -0.356. The summed E-state index contributed by atoms with van der Waals surface area (Å²) >= 11 is 0. The Labute approximate surface area is 110 Å². The summed E-state index contributed by atoms with van der Waals surface area (Å²) in [5.74, 6) is 0.470. The van der Waals surface area contributed by atoms with Crippen LogP contribution in [0.3, 0.4) is 0 Å². The van der Waals surface area contributed by atoms with Gasteiger partial charge in [0.05, 0.1) is 5.69 Å². The Morgan fingerprint density at radius 2 is 2.37 bits per heavy atom. The van der Waals surface area contributed by atoms with E-state index in [-0.39, 0.29) is 12.0 Å². The molecule has 1 aliphatic heterocycles. The van der Waals surface area contributed by atoms with Gasteiger partial charge in [-0.15, -0.1) is 0 Å². The summed E-state index contributed by atoms with van der Waals surface area (Å²) in [6.07, 6.45) is 6.45. The second-order valence-electron chi connectivity index (χ2n) is 4.32. The molecule has 0 aromatic carbocycles. The molecule has 2 aromatic heterocycles. The van der Waals surface area contributed by atoms with Gasteiger partial charge in [-0.2, -0.15) is 5.10 Å². The first kappa shape index (κ1) is 11.9. The highest BCUT2D eigenvalue weighted by atomic mass is 16.5. The second kappa shape index (κ2) is 5.19. The minimum absolute atomic E-state index is 0.126. The van der Waals surface area contributed by atoms with Crippen molar-refractivity contribution in [3.8, 4) is 5.82 Å². The summed E-state index contributed by atoms with van der Waals surface area (Å²) in [4.78, 5) is 16.3. The normalized spacial score (nSPS) is 18.4. The van der Waals surface area contributed by atoms with Gasteiger partial charge in [0.1, 0.15) is 6.10 Å². The molecule has 3 rings (SSSR count). The quantitative estimate of drug-likeness (QED) is 0.903. The minimum Gasteiger partial charge on any atom is -0.368 e. The highest BCUT2D eigenvalue weighted by Crippen LogP contribution is 2.19. The first-order chi connectivity index (χ1) is 9.34. The Morgan fingerprint density at radius 3 is 3.11 bits per heavy atom. The summed E-state index contributed by atoms with van der Waals surface area (Å²) < 4.78 is 6.98. The molecule has 19 heavy (non-hydrogen) atoms. The van der Waals surface area contributed by atoms with Crippen molar-refractivity contribution in [1.82, 2.24) is 14.8 Å². The highest BCUT2D eigenvalue weighted by Gasteiger charge is 2.24. The zero-order valence-corrected chi connectivity index (χ0v) is 10.3. The van der Waals surface area contributed by atoms with E-state index in [2.05, 4.69) is 15.4 Å². The third-order valence-corrected chi connectivity index (χ3v) is 2.99. The molecule has 6 nitrogen and oxygen atoms in total. The van der Waals surface area contributed by atoms with Gasteiger partial charge in [0.15, 0.2) is 5.82 Å². The summed E-state index contributed by atoms with van der Waals surface area (Å²) in [5.41, 5.74) is 0.631. The fraction of sp³-hybridized carbons (Fsp3) is 0.308. The van der Waals surface area contributed by atoms with Crippen molar-refractivity contribution in [2.75, 3.05) is 11.9 Å². The van der Waals surface area contributed by atoms with Crippen molar-refractivity contribution in [1.29, 1.82) is 0 Å². The van der Waals surface area contributed by atoms with Gasteiger partial charge in [-0.25, -0.2) is 9.67 Å². The smallest absolute Gasteiger partial charge is 0.253 e. The fourth-order valence-electron chi connectivity index (χ4n) is 2.07. The van der Waals surface area contributed by atoms with E-state index in [1.165, 1.54) is 0 Å². The highest BCUT2D eigenvalue weighted by molar-refractivity contribution is 5.95. The Balaban J connectivity index is 1.83. The number of pyridine rings is 1. The van der Waals surface area contributed by atoms with Gasteiger partial charge in [0, 0.05) is 25.2 Å².